The predicted molar refractivity (Wildman–Crippen MR) is 111 cm³/mol. The molecule has 150 valence electrons. The van der Waals surface area contributed by atoms with E-state index in [1.807, 2.05) is 44.2 Å². The highest BCUT2D eigenvalue weighted by molar-refractivity contribution is 7.89. The maximum Gasteiger partial charge on any atom is 0.251 e. The van der Waals surface area contributed by atoms with Crippen LogP contribution in [0.25, 0.3) is 0 Å². The molecule has 0 saturated carbocycles. The third-order valence-electron chi connectivity index (χ3n) is 5.35. The van der Waals surface area contributed by atoms with Crippen LogP contribution in [0.4, 0.5) is 0 Å². The first-order valence-electron chi connectivity index (χ1n) is 9.82. The molecule has 0 spiro atoms. The van der Waals surface area contributed by atoms with Gasteiger partial charge in [0.1, 0.15) is 0 Å². The van der Waals surface area contributed by atoms with E-state index in [1.54, 1.807) is 22.5 Å². The Hall–Kier alpha value is -2.18. The third kappa shape index (κ3) is 4.62. The van der Waals surface area contributed by atoms with Crippen molar-refractivity contribution < 1.29 is 13.2 Å². The molecule has 0 aromatic heterocycles. The van der Waals surface area contributed by atoms with Gasteiger partial charge in [0, 0.05) is 24.7 Å². The Morgan fingerprint density at radius 2 is 1.79 bits per heavy atom. The molecule has 28 heavy (non-hydrogen) atoms. The van der Waals surface area contributed by atoms with Gasteiger partial charge in [0.05, 0.1) is 4.90 Å². The molecule has 1 aliphatic heterocycles. The van der Waals surface area contributed by atoms with E-state index < -0.39 is 10.0 Å². The molecule has 0 aliphatic carbocycles. The highest BCUT2D eigenvalue weighted by Gasteiger charge is 2.33. The van der Waals surface area contributed by atoms with Crippen LogP contribution in [-0.4, -0.2) is 37.8 Å². The van der Waals surface area contributed by atoms with Gasteiger partial charge in [-0.1, -0.05) is 42.3 Å². The standard InChI is InChI=1S/C22H28N2O3S/c1-17-10-12-20(13-11-17)28(26,27)24-16-6-5-8-19(24)14-15-23-22(25)21-9-4-3-7-18(21)2/h3-4,7,9-13,19H,5-6,8,14-16H2,1-2H3,(H,23,25). The number of hydrogen-bond acceptors (Lipinski definition) is 3. The summed E-state index contributed by atoms with van der Waals surface area (Å²) < 4.78 is 27.8. The molecular formula is C22H28N2O3S. The molecule has 2 aromatic carbocycles. The number of rotatable bonds is 6. The van der Waals surface area contributed by atoms with Crippen molar-refractivity contribution in [3.05, 3.63) is 65.2 Å². The second-order valence-corrected chi connectivity index (χ2v) is 9.33. The number of nitrogens with zero attached hydrogens (tertiary/aromatic N) is 1. The zero-order chi connectivity index (χ0) is 20.1. The summed E-state index contributed by atoms with van der Waals surface area (Å²) >= 11 is 0. The van der Waals surface area contributed by atoms with Crippen molar-refractivity contribution in [1.29, 1.82) is 0 Å². The van der Waals surface area contributed by atoms with Gasteiger partial charge < -0.3 is 5.32 Å². The Kier molecular flexibility index (Phi) is 6.52. The molecule has 3 rings (SSSR count). The maximum atomic E-state index is 13.1. The lowest BCUT2D eigenvalue weighted by Gasteiger charge is -2.34. The number of benzene rings is 2. The predicted octanol–water partition coefficient (Wildman–Crippen LogP) is 3.67. The minimum Gasteiger partial charge on any atom is -0.352 e. The summed E-state index contributed by atoms with van der Waals surface area (Å²) in [7, 11) is -3.52. The molecule has 1 aliphatic rings. The minimum atomic E-state index is -3.52. The SMILES string of the molecule is Cc1ccc(S(=O)(=O)N2CCCCC2CCNC(=O)c2ccccc2C)cc1. The van der Waals surface area contributed by atoms with E-state index >= 15 is 0 Å². The normalized spacial score (nSPS) is 18.0. The summed E-state index contributed by atoms with van der Waals surface area (Å²) in [5.74, 6) is -0.109. The van der Waals surface area contributed by atoms with Crippen LogP contribution in [-0.2, 0) is 10.0 Å². The van der Waals surface area contributed by atoms with Crippen molar-refractivity contribution in [2.24, 2.45) is 0 Å². The van der Waals surface area contributed by atoms with E-state index in [0.29, 0.717) is 30.0 Å². The molecule has 1 saturated heterocycles. The van der Waals surface area contributed by atoms with Crippen molar-refractivity contribution in [2.75, 3.05) is 13.1 Å². The first-order chi connectivity index (χ1) is 13.4. The number of aryl methyl sites for hydroxylation is 2. The minimum absolute atomic E-state index is 0.0859. The molecule has 1 amide bonds. The number of amides is 1. The smallest absolute Gasteiger partial charge is 0.251 e. The van der Waals surface area contributed by atoms with Crippen molar-refractivity contribution in [3.8, 4) is 0 Å². The van der Waals surface area contributed by atoms with Gasteiger partial charge in [-0.2, -0.15) is 4.31 Å². The average Bonchev–Trinajstić information content (AvgIpc) is 2.69. The highest BCUT2D eigenvalue weighted by Crippen LogP contribution is 2.27. The van der Waals surface area contributed by atoms with Gasteiger partial charge in [-0.25, -0.2) is 8.42 Å². The number of carbonyl (C=O) groups is 1. The van der Waals surface area contributed by atoms with Crippen molar-refractivity contribution in [2.45, 2.75) is 50.5 Å². The number of sulfonamides is 1. The van der Waals surface area contributed by atoms with Gasteiger partial charge in [0.15, 0.2) is 0 Å². The Labute approximate surface area is 167 Å². The monoisotopic (exact) mass is 400 g/mol. The molecule has 1 atom stereocenters. The second-order valence-electron chi connectivity index (χ2n) is 7.44. The second kappa shape index (κ2) is 8.88. The van der Waals surface area contributed by atoms with Gasteiger partial charge in [0.25, 0.3) is 5.91 Å². The number of carbonyl (C=O) groups excluding carboxylic acids is 1. The number of piperidine rings is 1. The molecule has 2 aromatic rings. The largest absolute Gasteiger partial charge is 0.352 e. The number of hydrogen-bond donors (Lipinski definition) is 1. The summed E-state index contributed by atoms with van der Waals surface area (Å²) in [6.45, 7) is 4.84. The van der Waals surface area contributed by atoms with Gasteiger partial charge in [-0.3, -0.25) is 4.79 Å². The fraction of sp³-hybridized carbons (Fsp3) is 0.409. The zero-order valence-corrected chi connectivity index (χ0v) is 17.3. The first kappa shape index (κ1) is 20.6. The molecule has 0 radical (unpaired) electrons. The lowest BCUT2D eigenvalue weighted by atomic mass is 10.0. The molecular weight excluding hydrogens is 372 g/mol. The Balaban J connectivity index is 1.66. The van der Waals surface area contributed by atoms with E-state index in [2.05, 4.69) is 5.32 Å². The van der Waals surface area contributed by atoms with Crippen molar-refractivity contribution in [1.82, 2.24) is 9.62 Å². The summed E-state index contributed by atoms with van der Waals surface area (Å²) in [5, 5.41) is 2.95. The van der Waals surface area contributed by atoms with Crippen molar-refractivity contribution >= 4 is 15.9 Å². The average molecular weight is 401 g/mol. The van der Waals surface area contributed by atoms with Crippen molar-refractivity contribution in [3.63, 3.8) is 0 Å². The van der Waals surface area contributed by atoms with Gasteiger partial charge in [-0.05, 0) is 56.9 Å². The lowest BCUT2D eigenvalue weighted by molar-refractivity contribution is 0.0949. The molecule has 0 bridgehead atoms. The van der Waals surface area contributed by atoms with E-state index in [-0.39, 0.29) is 11.9 Å². The van der Waals surface area contributed by atoms with Gasteiger partial charge >= 0.3 is 0 Å². The zero-order valence-electron chi connectivity index (χ0n) is 16.5. The van der Waals surface area contributed by atoms with Crippen LogP contribution in [0, 0.1) is 13.8 Å². The van der Waals surface area contributed by atoms with Crippen LogP contribution in [0.3, 0.4) is 0 Å². The van der Waals surface area contributed by atoms with E-state index in [1.165, 1.54) is 0 Å². The summed E-state index contributed by atoms with van der Waals surface area (Å²) in [6, 6.07) is 14.4. The van der Waals surface area contributed by atoms with E-state index in [0.717, 1.165) is 30.4 Å². The fourth-order valence-corrected chi connectivity index (χ4v) is 5.42. The van der Waals surface area contributed by atoms with Crippen LogP contribution in [0.5, 0.6) is 0 Å². The Morgan fingerprint density at radius 1 is 1.07 bits per heavy atom. The molecule has 1 N–H and O–H groups in total. The van der Waals surface area contributed by atoms with Gasteiger partial charge in [-0.15, -0.1) is 0 Å². The highest BCUT2D eigenvalue weighted by atomic mass is 32.2. The van der Waals surface area contributed by atoms with Crippen LogP contribution >= 0.6 is 0 Å². The van der Waals surface area contributed by atoms with Crippen LogP contribution in [0.2, 0.25) is 0 Å². The fourth-order valence-electron chi connectivity index (χ4n) is 3.70. The molecule has 6 heteroatoms. The third-order valence-corrected chi connectivity index (χ3v) is 7.32. The lowest BCUT2D eigenvalue weighted by Crippen LogP contribution is -2.45. The van der Waals surface area contributed by atoms with Gasteiger partial charge in [0.2, 0.25) is 10.0 Å². The van der Waals surface area contributed by atoms with E-state index in [9.17, 15) is 13.2 Å². The summed E-state index contributed by atoms with van der Waals surface area (Å²) in [6.07, 6.45) is 3.32. The molecule has 5 nitrogen and oxygen atoms in total. The van der Waals surface area contributed by atoms with E-state index in [4.69, 9.17) is 0 Å². The summed E-state index contributed by atoms with van der Waals surface area (Å²) in [5.41, 5.74) is 2.63. The topological polar surface area (TPSA) is 66.5 Å². The maximum absolute atomic E-state index is 13.1. The molecule has 1 fully saturated rings. The van der Waals surface area contributed by atoms with Crippen LogP contribution < -0.4 is 5.32 Å². The van der Waals surface area contributed by atoms with Crippen LogP contribution in [0.15, 0.2) is 53.4 Å². The first-order valence-corrected chi connectivity index (χ1v) is 11.3. The Bertz CT molecular complexity index is 923. The summed E-state index contributed by atoms with van der Waals surface area (Å²) in [4.78, 5) is 12.7. The van der Waals surface area contributed by atoms with Crippen LogP contribution in [0.1, 0.15) is 47.2 Å². The quantitative estimate of drug-likeness (QED) is 0.805. The molecule has 1 heterocycles. The molecule has 1 unspecified atom stereocenters. The Morgan fingerprint density at radius 3 is 2.50 bits per heavy atom. The number of nitrogens with one attached hydrogen (secondary N) is 1.